The van der Waals surface area contributed by atoms with Crippen LogP contribution in [0.5, 0.6) is 0 Å². The van der Waals surface area contributed by atoms with Crippen LogP contribution in [0.1, 0.15) is 0 Å². The molecule has 54 heavy (non-hydrogen) atoms. The number of nitrogens with zero attached hydrogens (tertiary/aromatic N) is 5. The SMILES string of the molecule is c1ccc(-c2nc(-c3ccccc3)nc(-c3ccc(-n4c5ccccc5c5sc6c7ccccc7nc(-c7ccc8ccccc8c7)c6c54)cc3)n2)cc1. The first-order valence-electron chi connectivity index (χ1n) is 18.0. The van der Waals surface area contributed by atoms with Crippen LogP contribution in [0.15, 0.2) is 176 Å². The first-order valence-corrected chi connectivity index (χ1v) is 18.8. The quantitative estimate of drug-likeness (QED) is 0.179. The molecule has 252 valence electrons. The number of rotatable bonds is 5. The van der Waals surface area contributed by atoms with E-state index in [0.717, 1.165) is 44.7 Å². The third kappa shape index (κ3) is 4.92. The van der Waals surface area contributed by atoms with E-state index in [1.807, 2.05) is 72.0 Å². The second-order valence-corrected chi connectivity index (χ2v) is 14.5. The van der Waals surface area contributed by atoms with Gasteiger partial charge in [0.15, 0.2) is 17.5 Å². The maximum atomic E-state index is 5.40. The van der Waals surface area contributed by atoms with Gasteiger partial charge in [0.1, 0.15) is 0 Å². The molecule has 7 aromatic carbocycles. The van der Waals surface area contributed by atoms with Gasteiger partial charge >= 0.3 is 0 Å². The van der Waals surface area contributed by atoms with Crippen LogP contribution >= 0.6 is 11.3 Å². The minimum atomic E-state index is 0.631. The number of aromatic nitrogens is 5. The highest BCUT2D eigenvalue weighted by atomic mass is 32.1. The van der Waals surface area contributed by atoms with E-state index >= 15 is 0 Å². The summed E-state index contributed by atoms with van der Waals surface area (Å²) in [6.07, 6.45) is 0. The number of benzene rings is 7. The van der Waals surface area contributed by atoms with E-state index in [4.69, 9.17) is 19.9 Å². The van der Waals surface area contributed by atoms with Crippen molar-refractivity contribution in [2.24, 2.45) is 0 Å². The molecular weight excluding hydrogens is 679 g/mol. The minimum absolute atomic E-state index is 0.631. The molecule has 5 nitrogen and oxygen atoms in total. The molecule has 11 rings (SSSR count). The van der Waals surface area contributed by atoms with Gasteiger partial charge in [-0.3, -0.25) is 0 Å². The van der Waals surface area contributed by atoms with Crippen molar-refractivity contribution in [1.82, 2.24) is 24.5 Å². The van der Waals surface area contributed by atoms with E-state index in [2.05, 4.69) is 120 Å². The van der Waals surface area contributed by atoms with Crippen molar-refractivity contribution in [3.63, 3.8) is 0 Å². The average molecular weight is 708 g/mol. The maximum Gasteiger partial charge on any atom is 0.164 e. The summed E-state index contributed by atoms with van der Waals surface area (Å²) in [6.45, 7) is 0. The zero-order valence-electron chi connectivity index (χ0n) is 28.9. The molecule has 0 radical (unpaired) electrons. The molecule has 0 bridgehead atoms. The molecule has 0 unspecified atom stereocenters. The highest BCUT2D eigenvalue weighted by Crippen LogP contribution is 2.47. The lowest BCUT2D eigenvalue weighted by molar-refractivity contribution is 1.07. The largest absolute Gasteiger partial charge is 0.308 e. The van der Waals surface area contributed by atoms with Crippen LogP contribution < -0.4 is 0 Å². The lowest BCUT2D eigenvalue weighted by Gasteiger charge is -2.12. The zero-order chi connectivity index (χ0) is 35.6. The molecule has 0 fully saturated rings. The number of pyridine rings is 1. The van der Waals surface area contributed by atoms with Crippen LogP contribution in [0.3, 0.4) is 0 Å². The van der Waals surface area contributed by atoms with Crippen LogP contribution in [0.2, 0.25) is 0 Å². The van der Waals surface area contributed by atoms with Gasteiger partial charge < -0.3 is 4.57 Å². The number of hydrogen-bond donors (Lipinski definition) is 0. The number of para-hydroxylation sites is 2. The molecule has 0 amide bonds. The number of hydrogen-bond acceptors (Lipinski definition) is 5. The molecule has 4 aromatic heterocycles. The molecule has 6 heteroatoms. The summed E-state index contributed by atoms with van der Waals surface area (Å²) < 4.78 is 4.91. The first-order chi connectivity index (χ1) is 26.8. The molecule has 4 heterocycles. The molecule has 0 aliphatic heterocycles. The summed E-state index contributed by atoms with van der Waals surface area (Å²) in [5.41, 5.74) is 9.30. The molecule has 0 aliphatic carbocycles. The average Bonchev–Trinajstić information content (AvgIpc) is 3.79. The molecule has 0 saturated carbocycles. The third-order valence-electron chi connectivity index (χ3n) is 10.2. The lowest BCUT2D eigenvalue weighted by Crippen LogP contribution is -2.00. The standard InChI is InChI=1S/C48H29N5S/c1-3-14-31(15-4-1)46-50-47(32-16-5-2-6-17-32)52-48(51-46)33-25-27-36(28-26-33)53-40-22-12-10-20-38(40)45-43(53)41-42(35-24-23-30-13-7-8-18-34(30)29-35)49-39-21-11-9-19-37(39)44(41)54-45/h1-29H. The Labute approximate surface area is 314 Å². The van der Waals surface area contributed by atoms with Gasteiger partial charge in [-0.15, -0.1) is 11.3 Å². The normalized spacial score (nSPS) is 11.7. The van der Waals surface area contributed by atoms with Crippen LogP contribution in [0, 0.1) is 0 Å². The van der Waals surface area contributed by atoms with Crippen molar-refractivity contribution in [1.29, 1.82) is 0 Å². The van der Waals surface area contributed by atoms with Crippen LogP contribution in [-0.2, 0) is 0 Å². The Kier molecular flexibility index (Phi) is 6.97. The van der Waals surface area contributed by atoms with Gasteiger partial charge in [-0.05, 0) is 53.2 Å². The molecule has 11 aromatic rings. The predicted octanol–water partition coefficient (Wildman–Crippen LogP) is 12.6. The Morgan fingerprint density at radius 1 is 0.407 bits per heavy atom. The van der Waals surface area contributed by atoms with Gasteiger partial charge in [0.25, 0.3) is 0 Å². The molecule has 0 N–H and O–H groups in total. The number of thiophene rings is 1. The summed E-state index contributed by atoms with van der Waals surface area (Å²) in [7, 11) is 0. The Morgan fingerprint density at radius 3 is 1.67 bits per heavy atom. The van der Waals surface area contributed by atoms with E-state index in [-0.39, 0.29) is 0 Å². The van der Waals surface area contributed by atoms with Gasteiger partial charge in [0.05, 0.1) is 26.9 Å². The minimum Gasteiger partial charge on any atom is -0.308 e. The Balaban J connectivity index is 1.14. The monoisotopic (exact) mass is 707 g/mol. The smallest absolute Gasteiger partial charge is 0.164 e. The van der Waals surface area contributed by atoms with Crippen molar-refractivity contribution in [2.45, 2.75) is 0 Å². The Bertz CT molecular complexity index is 3140. The van der Waals surface area contributed by atoms with Crippen molar-refractivity contribution in [3.8, 4) is 51.1 Å². The van der Waals surface area contributed by atoms with E-state index in [9.17, 15) is 0 Å². The van der Waals surface area contributed by atoms with Crippen molar-refractivity contribution < 1.29 is 0 Å². The predicted molar refractivity (Wildman–Crippen MR) is 224 cm³/mol. The van der Waals surface area contributed by atoms with Crippen LogP contribution in [-0.4, -0.2) is 24.5 Å². The van der Waals surface area contributed by atoms with E-state index in [0.29, 0.717) is 17.5 Å². The Hall–Kier alpha value is -7.02. The zero-order valence-corrected chi connectivity index (χ0v) is 29.7. The summed E-state index contributed by atoms with van der Waals surface area (Å²) in [5, 5.41) is 5.98. The van der Waals surface area contributed by atoms with Gasteiger partial charge in [0, 0.05) is 48.8 Å². The Morgan fingerprint density at radius 2 is 0.963 bits per heavy atom. The summed E-state index contributed by atoms with van der Waals surface area (Å²) in [6, 6.07) is 61.3. The summed E-state index contributed by atoms with van der Waals surface area (Å²) in [5.74, 6) is 1.92. The molecular formula is C48H29N5S. The first kappa shape index (κ1) is 30.6. The van der Waals surface area contributed by atoms with Gasteiger partial charge in [0.2, 0.25) is 0 Å². The molecule has 0 aliphatic rings. The lowest BCUT2D eigenvalue weighted by atomic mass is 10.0. The third-order valence-corrected chi connectivity index (χ3v) is 11.5. The summed E-state index contributed by atoms with van der Waals surface area (Å²) >= 11 is 1.86. The fourth-order valence-electron chi connectivity index (χ4n) is 7.66. The van der Waals surface area contributed by atoms with Crippen molar-refractivity contribution in [3.05, 3.63) is 176 Å². The van der Waals surface area contributed by atoms with Crippen molar-refractivity contribution >= 4 is 64.2 Å². The van der Waals surface area contributed by atoms with Gasteiger partial charge in [-0.2, -0.15) is 0 Å². The van der Waals surface area contributed by atoms with Crippen molar-refractivity contribution in [2.75, 3.05) is 0 Å². The second-order valence-electron chi connectivity index (χ2n) is 13.5. The van der Waals surface area contributed by atoms with E-state index < -0.39 is 0 Å². The second kappa shape index (κ2) is 12.3. The fourth-order valence-corrected chi connectivity index (χ4v) is 9.01. The molecule has 0 spiro atoms. The van der Waals surface area contributed by atoms with E-state index in [1.54, 1.807) is 0 Å². The maximum absolute atomic E-state index is 5.40. The van der Waals surface area contributed by atoms with Crippen LogP contribution in [0.4, 0.5) is 0 Å². The summed E-state index contributed by atoms with van der Waals surface area (Å²) in [4.78, 5) is 20.3. The highest BCUT2D eigenvalue weighted by Gasteiger charge is 2.23. The molecule has 0 atom stereocenters. The van der Waals surface area contributed by atoms with Crippen LogP contribution in [0.25, 0.3) is 104 Å². The molecule has 0 saturated heterocycles. The fraction of sp³-hybridized carbons (Fsp3) is 0. The topological polar surface area (TPSA) is 56.5 Å². The van der Waals surface area contributed by atoms with Gasteiger partial charge in [-0.1, -0.05) is 133 Å². The van der Waals surface area contributed by atoms with E-state index in [1.165, 1.54) is 41.8 Å². The number of fused-ring (bicyclic) bond motifs is 8. The highest BCUT2D eigenvalue weighted by molar-refractivity contribution is 7.27. The van der Waals surface area contributed by atoms with Gasteiger partial charge in [-0.25, -0.2) is 19.9 Å².